The van der Waals surface area contributed by atoms with Crippen molar-refractivity contribution in [2.45, 2.75) is 78.3 Å². The third-order valence-corrected chi connectivity index (χ3v) is 4.87. The lowest BCUT2D eigenvalue weighted by molar-refractivity contribution is 0.0718. The van der Waals surface area contributed by atoms with Crippen LogP contribution >= 0.6 is 0 Å². The summed E-state index contributed by atoms with van der Waals surface area (Å²) in [6.07, 6.45) is 6.97. The SMILES string of the molecule is CCCNC(CC1CCC1)C(C)(C)N(CC)CC. The highest BCUT2D eigenvalue weighted by atomic mass is 15.2. The summed E-state index contributed by atoms with van der Waals surface area (Å²) in [5, 5.41) is 3.82. The number of hydrogen-bond acceptors (Lipinski definition) is 2. The summed E-state index contributed by atoms with van der Waals surface area (Å²) in [6.45, 7) is 15.1. The van der Waals surface area contributed by atoms with E-state index in [1.54, 1.807) is 0 Å². The van der Waals surface area contributed by atoms with E-state index in [0.29, 0.717) is 6.04 Å². The Labute approximate surface area is 115 Å². The Morgan fingerprint density at radius 1 is 1.17 bits per heavy atom. The largest absolute Gasteiger partial charge is 0.312 e. The molecule has 0 spiro atoms. The molecule has 1 fully saturated rings. The molecule has 0 bridgehead atoms. The van der Waals surface area contributed by atoms with Crippen LogP contribution in [-0.2, 0) is 0 Å². The van der Waals surface area contributed by atoms with E-state index in [2.05, 4.69) is 44.8 Å². The van der Waals surface area contributed by atoms with Gasteiger partial charge < -0.3 is 5.32 Å². The van der Waals surface area contributed by atoms with E-state index >= 15 is 0 Å². The van der Waals surface area contributed by atoms with Crippen molar-refractivity contribution in [3.63, 3.8) is 0 Å². The summed E-state index contributed by atoms with van der Waals surface area (Å²) < 4.78 is 0. The van der Waals surface area contributed by atoms with Crippen molar-refractivity contribution in [3.8, 4) is 0 Å². The molecular formula is C16H34N2. The summed E-state index contributed by atoms with van der Waals surface area (Å²) in [7, 11) is 0. The summed E-state index contributed by atoms with van der Waals surface area (Å²) in [5.74, 6) is 0.981. The number of hydrogen-bond donors (Lipinski definition) is 1. The fourth-order valence-electron chi connectivity index (χ4n) is 3.26. The van der Waals surface area contributed by atoms with Gasteiger partial charge in [0.15, 0.2) is 0 Å². The van der Waals surface area contributed by atoms with Crippen molar-refractivity contribution in [1.82, 2.24) is 10.2 Å². The first-order valence-corrected chi connectivity index (χ1v) is 8.04. The van der Waals surface area contributed by atoms with Crippen LogP contribution in [0.15, 0.2) is 0 Å². The quantitative estimate of drug-likeness (QED) is 0.675. The zero-order valence-corrected chi connectivity index (χ0v) is 13.3. The monoisotopic (exact) mass is 254 g/mol. The van der Waals surface area contributed by atoms with Gasteiger partial charge in [-0.05, 0) is 52.2 Å². The molecule has 1 aliphatic carbocycles. The standard InChI is InChI=1S/C16H34N2/c1-6-12-17-15(13-14-10-9-11-14)16(4,5)18(7-2)8-3/h14-15,17H,6-13H2,1-5H3. The van der Waals surface area contributed by atoms with Gasteiger partial charge in [0.05, 0.1) is 0 Å². The third-order valence-electron chi connectivity index (χ3n) is 4.87. The van der Waals surface area contributed by atoms with Crippen molar-refractivity contribution < 1.29 is 0 Å². The maximum atomic E-state index is 3.82. The molecule has 0 radical (unpaired) electrons. The molecule has 0 aliphatic heterocycles. The van der Waals surface area contributed by atoms with Crippen LogP contribution < -0.4 is 5.32 Å². The highest BCUT2D eigenvalue weighted by molar-refractivity contribution is 4.95. The van der Waals surface area contributed by atoms with Crippen molar-refractivity contribution in [3.05, 3.63) is 0 Å². The van der Waals surface area contributed by atoms with Gasteiger partial charge in [0.25, 0.3) is 0 Å². The fourth-order valence-corrected chi connectivity index (χ4v) is 3.26. The number of nitrogens with one attached hydrogen (secondary N) is 1. The second-order valence-corrected chi connectivity index (χ2v) is 6.37. The average Bonchev–Trinajstić information content (AvgIpc) is 2.27. The minimum atomic E-state index is 0.272. The van der Waals surface area contributed by atoms with E-state index in [1.165, 1.54) is 32.1 Å². The molecule has 2 nitrogen and oxygen atoms in total. The van der Waals surface area contributed by atoms with Gasteiger partial charge in [-0.25, -0.2) is 0 Å². The van der Waals surface area contributed by atoms with Crippen molar-refractivity contribution in [1.29, 1.82) is 0 Å². The molecule has 1 rings (SSSR count). The molecule has 1 aliphatic rings. The van der Waals surface area contributed by atoms with Crippen LogP contribution in [0.2, 0.25) is 0 Å². The van der Waals surface area contributed by atoms with Gasteiger partial charge in [-0.15, -0.1) is 0 Å². The Balaban J connectivity index is 2.64. The Morgan fingerprint density at radius 2 is 1.78 bits per heavy atom. The van der Waals surface area contributed by atoms with E-state index in [4.69, 9.17) is 0 Å². The molecule has 0 aromatic rings. The van der Waals surface area contributed by atoms with E-state index in [1.807, 2.05) is 0 Å². The molecule has 0 saturated heterocycles. The zero-order chi connectivity index (χ0) is 13.6. The normalized spacial score (nSPS) is 19.0. The second kappa shape index (κ2) is 7.49. The summed E-state index contributed by atoms with van der Waals surface area (Å²) in [4.78, 5) is 2.61. The third kappa shape index (κ3) is 3.96. The van der Waals surface area contributed by atoms with Gasteiger partial charge in [0.2, 0.25) is 0 Å². The predicted octanol–water partition coefficient (Wildman–Crippen LogP) is 3.67. The molecule has 1 saturated carbocycles. The van der Waals surface area contributed by atoms with Gasteiger partial charge in [-0.1, -0.05) is 40.0 Å². The number of nitrogens with zero attached hydrogens (tertiary/aromatic N) is 1. The second-order valence-electron chi connectivity index (χ2n) is 6.37. The molecule has 108 valence electrons. The van der Waals surface area contributed by atoms with Crippen molar-refractivity contribution >= 4 is 0 Å². The summed E-state index contributed by atoms with van der Waals surface area (Å²) in [6, 6.07) is 0.641. The van der Waals surface area contributed by atoms with E-state index < -0.39 is 0 Å². The Kier molecular flexibility index (Phi) is 6.65. The van der Waals surface area contributed by atoms with Gasteiger partial charge in [0.1, 0.15) is 0 Å². The highest BCUT2D eigenvalue weighted by Gasteiger charge is 2.35. The maximum absolute atomic E-state index is 3.82. The fraction of sp³-hybridized carbons (Fsp3) is 1.00. The lowest BCUT2D eigenvalue weighted by Crippen LogP contribution is -2.58. The maximum Gasteiger partial charge on any atom is 0.0306 e. The van der Waals surface area contributed by atoms with Crippen LogP contribution in [0.3, 0.4) is 0 Å². The number of likely N-dealkylation sites (N-methyl/N-ethyl adjacent to an activating group) is 1. The molecule has 0 heterocycles. The van der Waals surface area contributed by atoms with E-state index in [-0.39, 0.29) is 5.54 Å². The minimum absolute atomic E-state index is 0.272. The van der Waals surface area contributed by atoms with Crippen molar-refractivity contribution in [2.24, 2.45) is 5.92 Å². The molecule has 1 atom stereocenters. The summed E-state index contributed by atoms with van der Waals surface area (Å²) >= 11 is 0. The first kappa shape index (κ1) is 16.0. The van der Waals surface area contributed by atoms with Gasteiger partial charge >= 0.3 is 0 Å². The lowest BCUT2D eigenvalue weighted by atomic mass is 9.76. The van der Waals surface area contributed by atoms with Gasteiger partial charge in [0, 0.05) is 11.6 Å². The lowest BCUT2D eigenvalue weighted by Gasteiger charge is -2.46. The predicted molar refractivity (Wildman–Crippen MR) is 81.0 cm³/mol. The topological polar surface area (TPSA) is 15.3 Å². The smallest absolute Gasteiger partial charge is 0.0306 e. The van der Waals surface area contributed by atoms with Crippen LogP contribution in [-0.4, -0.2) is 36.1 Å². The van der Waals surface area contributed by atoms with Crippen LogP contribution in [0, 0.1) is 5.92 Å². The van der Waals surface area contributed by atoms with E-state index in [9.17, 15) is 0 Å². The molecule has 0 amide bonds. The van der Waals surface area contributed by atoms with Crippen LogP contribution in [0.25, 0.3) is 0 Å². The molecule has 18 heavy (non-hydrogen) atoms. The Hall–Kier alpha value is -0.0800. The minimum Gasteiger partial charge on any atom is -0.312 e. The molecule has 1 N–H and O–H groups in total. The number of rotatable bonds is 9. The first-order chi connectivity index (χ1) is 8.56. The molecule has 2 heteroatoms. The van der Waals surface area contributed by atoms with Gasteiger partial charge in [-0.2, -0.15) is 0 Å². The van der Waals surface area contributed by atoms with Crippen molar-refractivity contribution in [2.75, 3.05) is 19.6 Å². The van der Waals surface area contributed by atoms with Crippen LogP contribution in [0.4, 0.5) is 0 Å². The summed E-state index contributed by atoms with van der Waals surface area (Å²) in [5.41, 5.74) is 0.272. The van der Waals surface area contributed by atoms with E-state index in [0.717, 1.165) is 25.6 Å². The molecule has 0 aromatic carbocycles. The highest BCUT2D eigenvalue weighted by Crippen LogP contribution is 2.34. The van der Waals surface area contributed by atoms with Crippen LogP contribution in [0.5, 0.6) is 0 Å². The zero-order valence-electron chi connectivity index (χ0n) is 13.3. The molecular weight excluding hydrogens is 220 g/mol. The average molecular weight is 254 g/mol. The first-order valence-electron chi connectivity index (χ1n) is 8.04. The Morgan fingerprint density at radius 3 is 2.17 bits per heavy atom. The Bertz CT molecular complexity index is 217. The molecule has 0 aromatic heterocycles. The van der Waals surface area contributed by atoms with Crippen LogP contribution in [0.1, 0.15) is 66.7 Å². The van der Waals surface area contributed by atoms with Gasteiger partial charge in [-0.3, -0.25) is 4.90 Å². The molecule has 1 unspecified atom stereocenters.